The van der Waals surface area contributed by atoms with Crippen molar-refractivity contribution in [2.75, 3.05) is 13.1 Å². The maximum atomic E-state index is 12.4. The molecule has 2 N–H and O–H groups in total. The Morgan fingerprint density at radius 2 is 1.90 bits per heavy atom. The number of amides is 2. The van der Waals surface area contributed by atoms with E-state index in [9.17, 15) is 4.79 Å². The minimum Gasteiger partial charge on any atom is -0.483 e. The quantitative estimate of drug-likeness (QED) is 0.662. The Hall–Kier alpha value is -3.42. The molecule has 0 atom stereocenters. The highest BCUT2D eigenvalue weighted by Gasteiger charge is 2.31. The van der Waals surface area contributed by atoms with E-state index in [1.165, 1.54) is 5.56 Å². The number of para-hydroxylation sites is 2. The summed E-state index contributed by atoms with van der Waals surface area (Å²) in [5.74, 6) is 1.30. The number of urea groups is 1. The molecule has 1 aliphatic heterocycles. The van der Waals surface area contributed by atoms with Crippen molar-refractivity contribution in [1.29, 1.82) is 0 Å². The molecule has 3 heterocycles. The Morgan fingerprint density at radius 1 is 1.24 bits per heavy atom. The fraction of sp³-hybridized carbons (Fsp3) is 0.333. The highest BCUT2D eigenvalue weighted by molar-refractivity contribution is 5.77. The molecule has 152 valence electrons. The van der Waals surface area contributed by atoms with E-state index in [1.54, 1.807) is 12.4 Å². The molecule has 1 aliphatic rings. The normalized spacial score (nSPS) is 13.6. The van der Waals surface area contributed by atoms with Gasteiger partial charge in [0.2, 0.25) is 0 Å². The van der Waals surface area contributed by atoms with Crippen molar-refractivity contribution in [1.82, 2.24) is 24.8 Å². The zero-order valence-corrected chi connectivity index (χ0v) is 16.5. The van der Waals surface area contributed by atoms with Crippen LogP contribution < -0.4 is 5.32 Å². The number of aromatic nitrogens is 3. The first-order valence-corrected chi connectivity index (χ1v) is 9.51. The van der Waals surface area contributed by atoms with Crippen LogP contribution in [-0.2, 0) is 11.3 Å². The zero-order chi connectivity index (χ0) is 20.8. The lowest BCUT2D eigenvalue weighted by atomic mass is 9.93. The lowest BCUT2D eigenvalue weighted by Gasteiger charge is -2.39. The molecule has 0 saturated carbocycles. The van der Waals surface area contributed by atoms with E-state index >= 15 is 0 Å². The molecular weight excluding hydrogens is 370 g/mol. The van der Waals surface area contributed by atoms with Gasteiger partial charge in [0.15, 0.2) is 0 Å². The van der Waals surface area contributed by atoms with Gasteiger partial charge in [-0.05, 0) is 43.7 Å². The number of hydrogen-bond acceptors (Lipinski definition) is 4. The molecule has 1 aromatic carbocycles. The first-order chi connectivity index (χ1) is 14.0. The lowest BCUT2D eigenvalue weighted by Crippen LogP contribution is -2.52. The summed E-state index contributed by atoms with van der Waals surface area (Å²) in [6.45, 7) is 5.94. The van der Waals surface area contributed by atoms with Gasteiger partial charge in [0.1, 0.15) is 5.82 Å². The number of carboxylic acid groups (broad SMARTS) is 1. The van der Waals surface area contributed by atoms with E-state index in [2.05, 4.69) is 34.8 Å². The van der Waals surface area contributed by atoms with Crippen LogP contribution in [0.5, 0.6) is 0 Å². The van der Waals surface area contributed by atoms with E-state index in [0.29, 0.717) is 12.5 Å². The molecule has 2 aromatic heterocycles. The van der Waals surface area contributed by atoms with Gasteiger partial charge in [0, 0.05) is 37.4 Å². The monoisotopic (exact) mass is 395 g/mol. The number of carbonyl (C=O) groups is 2. The number of nitrogens with one attached hydrogen (secondary N) is 1. The molecule has 0 bridgehead atoms. The smallest absolute Gasteiger partial charge is 0.317 e. The van der Waals surface area contributed by atoms with Crippen molar-refractivity contribution in [3.8, 4) is 0 Å². The highest BCUT2D eigenvalue weighted by Crippen LogP contribution is 2.26. The summed E-state index contributed by atoms with van der Waals surface area (Å²) in [7, 11) is 0. The van der Waals surface area contributed by atoms with Crippen LogP contribution in [0.3, 0.4) is 0 Å². The SMILES string of the molecule is CC(C)n1c(CNC(=O)N2CC(c3ccncc3)C2)nc2ccccc21.O=CO. The summed E-state index contributed by atoms with van der Waals surface area (Å²) in [5.41, 5.74) is 3.31. The molecule has 3 aromatic rings. The van der Waals surface area contributed by atoms with Crippen LogP contribution in [0.2, 0.25) is 0 Å². The zero-order valence-electron chi connectivity index (χ0n) is 16.5. The molecule has 0 unspecified atom stereocenters. The van der Waals surface area contributed by atoms with Crippen molar-refractivity contribution in [3.63, 3.8) is 0 Å². The third-order valence-corrected chi connectivity index (χ3v) is 4.93. The summed E-state index contributed by atoms with van der Waals surface area (Å²) in [6.07, 6.45) is 3.60. The van der Waals surface area contributed by atoms with E-state index in [4.69, 9.17) is 14.9 Å². The molecule has 0 aliphatic carbocycles. The van der Waals surface area contributed by atoms with Gasteiger partial charge in [-0.1, -0.05) is 12.1 Å². The summed E-state index contributed by atoms with van der Waals surface area (Å²) in [5, 5.41) is 9.91. The van der Waals surface area contributed by atoms with Crippen LogP contribution in [0.4, 0.5) is 4.79 Å². The molecule has 1 saturated heterocycles. The number of imidazole rings is 1. The number of likely N-dealkylation sites (tertiary alicyclic amines) is 1. The third-order valence-electron chi connectivity index (χ3n) is 4.93. The molecular formula is C21H25N5O3. The van der Waals surface area contributed by atoms with Gasteiger partial charge in [-0.15, -0.1) is 0 Å². The molecule has 29 heavy (non-hydrogen) atoms. The second-order valence-corrected chi connectivity index (χ2v) is 7.13. The number of pyridine rings is 1. The van der Waals surface area contributed by atoms with Crippen LogP contribution in [0.1, 0.15) is 37.2 Å². The van der Waals surface area contributed by atoms with Crippen LogP contribution in [0.15, 0.2) is 48.8 Å². The standard InChI is InChI=1S/C20H23N5O.CH2O2/c1-14(2)25-18-6-4-3-5-17(18)23-19(25)11-22-20(26)24-12-16(13-24)15-7-9-21-10-8-15;2-1-3/h3-10,14,16H,11-13H2,1-2H3,(H,22,26);1H,(H,2,3). The molecule has 0 radical (unpaired) electrons. The molecule has 0 spiro atoms. The second kappa shape index (κ2) is 9.18. The summed E-state index contributed by atoms with van der Waals surface area (Å²) in [4.78, 5) is 31.4. The average molecular weight is 395 g/mol. The van der Waals surface area contributed by atoms with E-state index in [0.717, 1.165) is 29.9 Å². The van der Waals surface area contributed by atoms with Crippen LogP contribution in [-0.4, -0.2) is 50.1 Å². The van der Waals surface area contributed by atoms with Crippen molar-refractivity contribution >= 4 is 23.5 Å². The first kappa shape index (κ1) is 20.3. The molecule has 4 rings (SSSR count). The van der Waals surface area contributed by atoms with Gasteiger partial charge < -0.3 is 19.9 Å². The Balaban J connectivity index is 0.000000755. The number of nitrogens with zero attached hydrogens (tertiary/aromatic N) is 4. The van der Waals surface area contributed by atoms with Crippen LogP contribution >= 0.6 is 0 Å². The highest BCUT2D eigenvalue weighted by atomic mass is 16.3. The summed E-state index contributed by atoms with van der Waals surface area (Å²) >= 11 is 0. The minimum atomic E-state index is -0.250. The largest absolute Gasteiger partial charge is 0.483 e. The number of hydrogen-bond donors (Lipinski definition) is 2. The van der Waals surface area contributed by atoms with Crippen molar-refractivity contribution in [3.05, 3.63) is 60.2 Å². The minimum absolute atomic E-state index is 0.0299. The van der Waals surface area contributed by atoms with E-state index < -0.39 is 0 Å². The third kappa shape index (κ3) is 4.53. The average Bonchev–Trinajstić information content (AvgIpc) is 3.05. The Kier molecular flexibility index (Phi) is 6.43. The predicted molar refractivity (Wildman–Crippen MR) is 110 cm³/mol. The van der Waals surface area contributed by atoms with Crippen molar-refractivity contribution in [2.45, 2.75) is 32.4 Å². The Morgan fingerprint density at radius 3 is 2.55 bits per heavy atom. The fourth-order valence-electron chi connectivity index (χ4n) is 3.55. The fourth-order valence-corrected chi connectivity index (χ4v) is 3.55. The van der Waals surface area contributed by atoms with Crippen molar-refractivity contribution in [2.24, 2.45) is 0 Å². The predicted octanol–water partition coefficient (Wildman–Crippen LogP) is 3.02. The topological polar surface area (TPSA) is 100 Å². The van der Waals surface area contributed by atoms with Gasteiger partial charge >= 0.3 is 6.03 Å². The van der Waals surface area contributed by atoms with Gasteiger partial charge in [-0.25, -0.2) is 9.78 Å². The maximum Gasteiger partial charge on any atom is 0.317 e. The Labute approximate surface area is 169 Å². The number of carbonyl (C=O) groups excluding carboxylic acids is 1. The van der Waals surface area contributed by atoms with E-state index in [-0.39, 0.29) is 18.5 Å². The number of rotatable bonds is 4. The first-order valence-electron chi connectivity index (χ1n) is 9.51. The van der Waals surface area contributed by atoms with Gasteiger partial charge in [0.05, 0.1) is 17.6 Å². The van der Waals surface area contributed by atoms with Crippen molar-refractivity contribution < 1.29 is 14.7 Å². The van der Waals surface area contributed by atoms with Gasteiger partial charge in [0.25, 0.3) is 6.47 Å². The molecule has 2 amide bonds. The van der Waals surface area contributed by atoms with Crippen LogP contribution in [0.25, 0.3) is 11.0 Å². The van der Waals surface area contributed by atoms with Gasteiger partial charge in [-0.2, -0.15) is 0 Å². The van der Waals surface area contributed by atoms with Crippen LogP contribution in [0, 0.1) is 0 Å². The Bertz CT molecular complexity index is 965. The summed E-state index contributed by atoms with van der Waals surface area (Å²) < 4.78 is 2.19. The number of benzene rings is 1. The molecule has 8 nitrogen and oxygen atoms in total. The lowest BCUT2D eigenvalue weighted by molar-refractivity contribution is -0.122. The molecule has 1 fully saturated rings. The van der Waals surface area contributed by atoms with E-state index in [1.807, 2.05) is 35.2 Å². The maximum absolute atomic E-state index is 12.4. The molecule has 8 heteroatoms. The summed E-state index contributed by atoms with van der Waals surface area (Å²) in [6, 6.07) is 12.4. The second-order valence-electron chi connectivity index (χ2n) is 7.13. The number of fused-ring (bicyclic) bond motifs is 1. The van der Waals surface area contributed by atoms with Gasteiger partial charge in [-0.3, -0.25) is 9.78 Å².